The molecule has 0 amide bonds. The number of hydrogen-bond donors (Lipinski definition) is 1. The van der Waals surface area contributed by atoms with Crippen molar-refractivity contribution in [1.82, 2.24) is 24.9 Å². The Morgan fingerprint density at radius 1 is 1.07 bits per heavy atom. The van der Waals surface area contributed by atoms with Crippen molar-refractivity contribution in [2.75, 3.05) is 73.0 Å². The fraction of sp³-hybridized carbons (Fsp3) is 0.667. The molecule has 2 saturated heterocycles. The molecule has 3 rings (SSSR count). The van der Waals surface area contributed by atoms with E-state index in [-0.39, 0.29) is 24.0 Å². The third-order valence-corrected chi connectivity index (χ3v) is 6.01. The Bertz CT molecular complexity index is 633. The van der Waals surface area contributed by atoms with Crippen LogP contribution in [0.3, 0.4) is 0 Å². The first kappa shape index (κ1) is 24.7. The van der Waals surface area contributed by atoms with E-state index in [9.17, 15) is 0 Å². The predicted octanol–water partition coefficient (Wildman–Crippen LogP) is 2.29. The maximum absolute atomic E-state index is 5.99. The van der Waals surface area contributed by atoms with Gasteiger partial charge in [0.05, 0.1) is 6.54 Å². The molecule has 2 heterocycles. The van der Waals surface area contributed by atoms with E-state index in [2.05, 4.69) is 58.1 Å². The van der Waals surface area contributed by atoms with Crippen molar-refractivity contribution in [3.63, 3.8) is 0 Å². The van der Waals surface area contributed by atoms with Gasteiger partial charge in [0.2, 0.25) is 0 Å². The molecule has 0 aromatic heterocycles. The minimum absolute atomic E-state index is 0. The molecule has 1 aromatic rings. The van der Waals surface area contributed by atoms with Crippen molar-refractivity contribution in [3.8, 4) is 0 Å². The van der Waals surface area contributed by atoms with Crippen LogP contribution >= 0.6 is 35.6 Å². The Balaban J connectivity index is 0.00000300. The zero-order valence-corrected chi connectivity index (χ0v) is 21.1. The maximum Gasteiger partial charge on any atom is 0.194 e. The third kappa shape index (κ3) is 7.54. The van der Waals surface area contributed by atoms with Gasteiger partial charge in [-0.1, -0.05) is 23.7 Å². The Labute approximate surface area is 198 Å². The standard InChI is InChI=1S/C21H35ClN6.HI/c1-4-23-21(24-15-20-17-25(2)9-10-26(20)3)28-13-11-27(12-14-28)16-18-5-7-19(22)8-6-18;/h5-8,20H,4,9-17H2,1-3H3,(H,23,24);1H. The summed E-state index contributed by atoms with van der Waals surface area (Å²) in [7, 11) is 4.42. The van der Waals surface area contributed by atoms with E-state index in [0.29, 0.717) is 6.04 Å². The summed E-state index contributed by atoms with van der Waals surface area (Å²) in [6.45, 7) is 12.4. The number of aliphatic imine (C=N–C) groups is 1. The molecule has 8 heteroatoms. The van der Waals surface area contributed by atoms with Gasteiger partial charge in [0.1, 0.15) is 0 Å². The second kappa shape index (κ2) is 12.3. The molecule has 0 bridgehead atoms. The molecule has 6 nitrogen and oxygen atoms in total. The van der Waals surface area contributed by atoms with Crippen LogP contribution in [0.1, 0.15) is 12.5 Å². The molecule has 1 aromatic carbocycles. The number of likely N-dealkylation sites (N-methyl/N-ethyl adjacent to an activating group) is 2. The van der Waals surface area contributed by atoms with Crippen LogP contribution in [0.4, 0.5) is 0 Å². The van der Waals surface area contributed by atoms with Gasteiger partial charge in [0, 0.05) is 70.0 Å². The summed E-state index contributed by atoms with van der Waals surface area (Å²) < 4.78 is 0. The third-order valence-electron chi connectivity index (χ3n) is 5.76. The quantitative estimate of drug-likeness (QED) is 0.357. The topological polar surface area (TPSA) is 37.4 Å². The van der Waals surface area contributed by atoms with Gasteiger partial charge < -0.3 is 15.1 Å². The summed E-state index contributed by atoms with van der Waals surface area (Å²) in [5.74, 6) is 1.07. The second-order valence-corrected chi connectivity index (χ2v) is 8.42. The largest absolute Gasteiger partial charge is 0.357 e. The SMILES string of the molecule is CCNC(=NCC1CN(C)CCN1C)N1CCN(Cc2ccc(Cl)cc2)CC1.I. The van der Waals surface area contributed by atoms with Crippen LogP contribution in [0.5, 0.6) is 0 Å². The zero-order chi connectivity index (χ0) is 19.9. The fourth-order valence-corrected chi connectivity index (χ4v) is 4.01. The van der Waals surface area contributed by atoms with Crippen LogP contribution in [-0.4, -0.2) is 105 Å². The monoisotopic (exact) mass is 534 g/mol. The number of nitrogens with one attached hydrogen (secondary N) is 1. The minimum Gasteiger partial charge on any atom is -0.357 e. The fourth-order valence-electron chi connectivity index (χ4n) is 3.88. The molecule has 2 aliphatic rings. The highest BCUT2D eigenvalue weighted by Crippen LogP contribution is 2.13. The van der Waals surface area contributed by atoms with Crippen LogP contribution < -0.4 is 5.32 Å². The number of halogens is 2. The lowest BCUT2D eigenvalue weighted by molar-refractivity contribution is 0.119. The van der Waals surface area contributed by atoms with Gasteiger partial charge in [-0.25, -0.2) is 0 Å². The van der Waals surface area contributed by atoms with Crippen molar-refractivity contribution < 1.29 is 0 Å². The number of hydrogen-bond acceptors (Lipinski definition) is 4. The average molecular weight is 535 g/mol. The molecule has 164 valence electrons. The highest BCUT2D eigenvalue weighted by Gasteiger charge is 2.23. The molecule has 0 spiro atoms. The van der Waals surface area contributed by atoms with E-state index >= 15 is 0 Å². The van der Waals surface area contributed by atoms with Crippen molar-refractivity contribution >= 4 is 41.5 Å². The van der Waals surface area contributed by atoms with Crippen molar-refractivity contribution in [1.29, 1.82) is 0 Å². The van der Waals surface area contributed by atoms with E-state index in [1.165, 1.54) is 5.56 Å². The van der Waals surface area contributed by atoms with Gasteiger partial charge in [-0.05, 0) is 38.7 Å². The predicted molar refractivity (Wildman–Crippen MR) is 134 cm³/mol. The molecule has 1 unspecified atom stereocenters. The van der Waals surface area contributed by atoms with Crippen LogP contribution in [-0.2, 0) is 6.54 Å². The van der Waals surface area contributed by atoms with Crippen LogP contribution in [0.25, 0.3) is 0 Å². The Hall–Kier alpha value is -0.610. The number of rotatable bonds is 5. The van der Waals surface area contributed by atoms with E-state index < -0.39 is 0 Å². The van der Waals surface area contributed by atoms with E-state index in [1.54, 1.807) is 0 Å². The summed E-state index contributed by atoms with van der Waals surface area (Å²) in [4.78, 5) is 14.8. The van der Waals surface area contributed by atoms with Crippen LogP contribution in [0, 0.1) is 0 Å². The summed E-state index contributed by atoms with van der Waals surface area (Å²) in [6.07, 6.45) is 0. The Morgan fingerprint density at radius 2 is 1.76 bits per heavy atom. The summed E-state index contributed by atoms with van der Waals surface area (Å²) in [5, 5.41) is 4.30. The van der Waals surface area contributed by atoms with Crippen LogP contribution in [0.2, 0.25) is 5.02 Å². The molecule has 2 fully saturated rings. The number of guanidine groups is 1. The highest BCUT2D eigenvalue weighted by molar-refractivity contribution is 14.0. The lowest BCUT2D eigenvalue weighted by Gasteiger charge is -2.38. The van der Waals surface area contributed by atoms with Gasteiger partial charge in [-0.15, -0.1) is 24.0 Å². The molecular formula is C21H36ClIN6. The lowest BCUT2D eigenvalue weighted by Crippen LogP contribution is -2.54. The first-order valence-electron chi connectivity index (χ1n) is 10.4. The summed E-state index contributed by atoms with van der Waals surface area (Å²) >= 11 is 5.99. The molecule has 1 N–H and O–H groups in total. The van der Waals surface area contributed by atoms with E-state index in [0.717, 1.165) is 76.4 Å². The van der Waals surface area contributed by atoms with Gasteiger partial charge in [-0.2, -0.15) is 0 Å². The second-order valence-electron chi connectivity index (χ2n) is 7.98. The number of nitrogens with zero attached hydrogens (tertiary/aromatic N) is 5. The first-order valence-corrected chi connectivity index (χ1v) is 10.8. The summed E-state index contributed by atoms with van der Waals surface area (Å²) in [5.41, 5.74) is 1.32. The smallest absolute Gasteiger partial charge is 0.194 e. The highest BCUT2D eigenvalue weighted by atomic mass is 127. The first-order chi connectivity index (χ1) is 13.5. The minimum atomic E-state index is 0. The molecule has 0 radical (unpaired) electrons. The van der Waals surface area contributed by atoms with Crippen molar-refractivity contribution in [2.45, 2.75) is 19.5 Å². The Morgan fingerprint density at radius 3 is 2.41 bits per heavy atom. The molecular weight excluding hydrogens is 499 g/mol. The van der Waals surface area contributed by atoms with Gasteiger partial charge >= 0.3 is 0 Å². The lowest BCUT2D eigenvalue weighted by atomic mass is 10.2. The summed E-state index contributed by atoms with van der Waals surface area (Å²) in [6, 6.07) is 8.69. The maximum atomic E-state index is 5.99. The molecule has 0 aliphatic carbocycles. The van der Waals surface area contributed by atoms with Gasteiger partial charge in [0.25, 0.3) is 0 Å². The van der Waals surface area contributed by atoms with Gasteiger partial charge in [-0.3, -0.25) is 14.8 Å². The molecule has 1 atom stereocenters. The van der Waals surface area contributed by atoms with E-state index in [4.69, 9.17) is 16.6 Å². The van der Waals surface area contributed by atoms with Crippen molar-refractivity contribution in [3.05, 3.63) is 34.9 Å². The van der Waals surface area contributed by atoms with Crippen LogP contribution in [0.15, 0.2) is 29.3 Å². The Kier molecular flexibility index (Phi) is 10.5. The molecule has 0 saturated carbocycles. The molecule has 29 heavy (non-hydrogen) atoms. The van der Waals surface area contributed by atoms with Gasteiger partial charge in [0.15, 0.2) is 5.96 Å². The number of piperazine rings is 2. The van der Waals surface area contributed by atoms with E-state index in [1.807, 2.05) is 12.1 Å². The normalized spacial score (nSPS) is 22.4. The van der Waals surface area contributed by atoms with Crippen molar-refractivity contribution in [2.24, 2.45) is 4.99 Å². The molecule has 2 aliphatic heterocycles. The number of benzene rings is 1. The zero-order valence-electron chi connectivity index (χ0n) is 18.0. The average Bonchev–Trinajstić information content (AvgIpc) is 2.70.